The molecule has 0 unspecified atom stereocenters. The van der Waals surface area contributed by atoms with Gasteiger partial charge in [0, 0.05) is 0 Å². The number of nitrogens with one attached hydrogen (secondary N) is 1. The van der Waals surface area contributed by atoms with E-state index in [4.69, 9.17) is 14.6 Å². The lowest BCUT2D eigenvalue weighted by Gasteiger charge is -2.28. The van der Waals surface area contributed by atoms with Gasteiger partial charge in [-0.05, 0) is 72.5 Å². The molecule has 4 rings (SSSR count). The van der Waals surface area contributed by atoms with Crippen molar-refractivity contribution in [1.29, 1.82) is 0 Å². The van der Waals surface area contributed by atoms with Crippen molar-refractivity contribution in [3.8, 4) is 11.5 Å². The van der Waals surface area contributed by atoms with E-state index in [-0.39, 0.29) is 17.7 Å². The van der Waals surface area contributed by atoms with Crippen LogP contribution in [0.25, 0.3) is 6.08 Å². The maximum absolute atomic E-state index is 13.2. The molecular weight excluding hydrogens is 476 g/mol. The van der Waals surface area contributed by atoms with E-state index in [0.29, 0.717) is 28.3 Å². The summed E-state index contributed by atoms with van der Waals surface area (Å²) in [4.78, 5) is 50.5. The maximum atomic E-state index is 13.2. The first-order valence-electron chi connectivity index (χ1n) is 11.3. The highest BCUT2D eigenvalue weighted by molar-refractivity contribution is 6.39. The number of carboxylic acids is 1. The number of rotatable bonds is 7. The fourth-order valence-corrected chi connectivity index (χ4v) is 3.87. The standard InChI is InChI=1S/C28H24N2O7/c1-16-6-4-9-22(17(16)2)30-26(32)21(25(31)29-28(30)35)13-18-10-11-23(24(14-18)36-3)37-15-19-7-5-8-20(12-19)27(33)34/h4-14H,15H2,1-3H3,(H,33,34)(H,29,31,35)/b21-13+. The Morgan fingerprint density at radius 1 is 1.00 bits per heavy atom. The Labute approximate surface area is 212 Å². The van der Waals surface area contributed by atoms with E-state index in [1.165, 1.54) is 25.3 Å². The van der Waals surface area contributed by atoms with Crippen LogP contribution in [0.2, 0.25) is 0 Å². The van der Waals surface area contributed by atoms with Gasteiger partial charge in [0.1, 0.15) is 12.2 Å². The molecular formula is C28H24N2O7. The van der Waals surface area contributed by atoms with Crippen LogP contribution in [0.3, 0.4) is 0 Å². The van der Waals surface area contributed by atoms with Gasteiger partial charge in [0.05, 0.1) is 18.4 Å². The van der Waals surface area contributed by atoms with Gasteiger partial charge in [0.2, 0.25) is 0 Å². The fourth-order valence-electron chi connectivity index (χ4n) is 3.87. The number of hydrogen-bond acceptors (Lipinski definition) is 6. The Hall–Kier alpha value is -4.92. The molecule has 1 heterocycles. The van der Waals surface area contributed by atoms with E-state index in [2.05, 4.69) is 5.32 Å². The summed E-state index contributed by atoms with van der Waals surface area (Å²) in [6, 6.07) is 15.7. The largest absolute Gasteiger partial charge is 0.493 e. The summed E-state index contributed by atoms with van der Waals surface area (Å²) in [7, 11) is 1.45. The molecule has 37 heavy (non-hydrogen) atoms. The summed E-state index contributed by atoms with van der Waals surface area (Å²) in [5, 5.41) is 11.4. The number of carboxylic acid groups (broad SMARTS) is 1. The second-order valence-electron chi connectivity index (χ2n) is 8.38. The van der Waals surface area contributed by atoms with Crippen molar-refractivity contribution >= 4 is 35.6 Å². The number of benzene rings is 3. The number of aromatic carboxylic acids is 1. The number of aryl methyl sites for hydroxylation is 1. The highest BCUT2D eigenvalue weighted by Crippen LogP contribution is 2.31. The number of nitrogens with zero attached hydrogens (tertiary/aromatic N) is 1. The second-order valence-corrected chi connectivity index (χ2v) is 8.38. The minimum Gasteiger partial charge on any atom is -0.493 e. The molecule has 0 aliphatic carbocycles. The van der Waals surface area contributed by atoms with Crippen LogP contribution in [0, 0.1) is 13.8 Å². The van der Waals surface area contributed by atoms with Crippen LogP contribution < -0.4 is 19.7 Å². The number of ether oxygens (including phenoxy) is 2. The Morgan fingerprint density at radius 2 is 1.76 bits per heavy atom. The number of barbiturate groups is 1. The summed E-state index contributed by atoms with van der Waals surface area (Å²) in [6.07, 6.45) is 1.38. The average molecular weight is 501 g/mol. The van der Waals surface area contributed by atoms with Gasteiger partial charge in [-0.1, -0.05) is 30.3 Å². The number of imide groups is 2. The van der Waals surface area contributed by atoms with Crippen molar-refractivity contribution in [3.05, 3.63) is 94.1 Å². The first kappa shape index (κ1) is 25.2. The van der Waals surface area contributed by atoms with E-state index in [0.717, 1.165) is 16.0 Å². The van der Waals surface area contributed by atoms with E-state index in [1.807, 2.05) is 13.0 Å². The first-order valence-corrected chi connectivity index (χ1v) is 11.3. The minimum atomic E-state index is -1.03. The van der Waals surface area contributed by atoms with Crippen LogP contribution in [-0.4, -0.2) is 36.0 Å². The molecule has 3 aromatic carbocycles. The summed E-state index contributed by atoms with van der Waals surface area (Å²) >= 11 is 0. The molecule has 2 N–H and O–H groups in total. The normalized spacial score (nSPS) is 14.5. The molecule has 4 amide bonds. The number of urea groups is 1. The molecule has 1 saturated heterocycles. The molecule has 0 radical (unpaired) electrons. The molecule has 9 nitrogen and oxygen atoms in total. The summed E-state index contributed by atoms with van der Waals surface area (Å²) in [5.41, 5.74) is 3.13. The topological polar surface area (TPSA) is 122 Å². The first-order chi connectivity index (χ1) is 17.7. The Bertz CT molecular complexity index is 1460. The van der Waals surface area contributed by atoms with Crippen molar-refractivity contribution in [2.45, 2.75) is 20.5 Å². The predicted molar refractivity (Wildman–Crippen MR) is 136 cm³/mol. The molecule has 1 aliphatic heterocycles. The third-order valence-electron chi connectivity index (χ3n) is 5.99. The molecule has 0 atom stereocenters. The monoisotopic (exact) mass is 500 g/mol. The van der Waals surface area contributed by atoms with Crippen molar-refractivity contribution in [1.82, 2.24) is 5.32 Å². The van der Waals surface area contributed by atoms with Gasteiger partial charge >= 0.3 is 12.0 Å². The van der Waals surface area contributed by atoms with Gasteiger partial charge in [-0.25, -0.2) is 14.5 Å². The fraction of sp³-hybridized carbons (Fsp3) is 0.143. The third kappa shape index (κ3) is 5.20. The van der Waals surface area contributed by atoms with Crippen molar-refractivity contribution in [2.75, 3.05) is 12.0 Å². The predicted octanol–water partition coefficient (Wildman–Crippen LogP) is 4.26. The molecule has 0 bridgehead atoms. The SMILES string of the molecule is COc1cc(/C=C2\C(=O)NC(=O)N(c3cccc(C)c3C)C2=O)ccc1OCc1cccc(C(=O)O)c1. The van der Waals surface area contributed by atoms with Gasteiger partial charge in [0.25, 0.3) is 11.8 Å². The summed E-state index contributed by atoms with van der Waals surface area (Å²) in [6.45, 7) is 3.77. The van der Waals surface area contributed by atoms with E-state index in [1.54, 1.807) is 49.4 Å². The van der Waals surface area contributed by atoms with E-state index < -0.39 is 23.8 Å². The van der Waals surface area contributed by atoms with Gasteiger partial charge in [-0.2, -0.15) is 0 Å². The van der Waals surface area contributed by atoms with Crippen LogP contribution >= 0.6 is 0 Å². The highest BCUT2D eigenvalue weighted by atomic mass is 16.5. The summed E-state index contributed by atoms with van der Waals surface area (Å²) in [5.74, 6) is -1.84. The molecule has 0 saturated carbocycles. The van der Waals surface area contributed by atoms with Crippen LogP contribution in [0.15, 0.2) is 66.2 Å². The third-order valence-corrected chi connectivity index (χ3v) is 5.99. The summed E-state index contributed by atoms with van der Waals surface area (Å²) < 4.78 is 11.2. The maximum Gasteiger partial charge on any atom is 0.335 e. The molecule has 9 heteroatoms. The van der Waals surface area contributed by atoms with Crippen LogP contribution in [0.1, 0.15) is 32.6 Å². The van der Waals surface area contributed by atoms with Gasteiger partial charge in [-0.3, -0.25) is 14.9 Å². The Balaban J connectivity index is 1.60. The molecule has 1 aliphatic rings. The quantitative estimate of drug-likeness (QED) is 0.367. The van der Waals surface area contributed by atoms with Crippen molar-refractivity contribution in [2.24, 2.45) is 0 Å². The van der Waals surface area contributed by atoms with Crippen LogP contribution in [0.5, 0.6) is 11.5 Å². The van der Waals surface area contributed by atoms with Gasteiger partial charge in [0.15, 0.2) is 11.5 Å². The molecule has 188 valence electrons. The van der Waals surface area contributed by atoms with E-state index in [9.17, 15) is 19.2 Å². The van der Waals surface area contributed by atoms with E-state index >= 15 is 0 Å². The zero-order valence-corrected chi connectivity index (χ0v) is 20.4. The number of anilines is 1. The lowest BCUT2D eigenvalue weighted by atomic mass is 10.0. The smallest absolute Gasteiger partial charge is 0.335 e. The van der Waals surface area contributed by atoms with Gasteiger partial charge in [-0.15, -0.1) is 0 Å². The number of amides is 4. The molecule has 0 aromatic heterocycles. The number of hydrogen-bond donors (Lipinski definition) is 2. The minimum absolute atomic E-state index is 0.103. The highest BCUT2D eigenvalue weighted by Gasteiger charge is 2.37. The number of carbonyl (C=O) groups excluding carboxylic acids is 3. The zero-order chi connectivity index (χ0) is 26.7. The van der Waals surface area contributed by atoms with Crippen LogP contribution in [0.4, 0.5) is 10.5 Å². The van der Waals surface area contributed by atoms with Gasteiger partial charge < -0.3 is 14.6 Å². The van der Waals surface area contributed by atoms with Crippen molar-refractivity contribution in [3.63, 3.8) is 0 Å². The number of carbonyl (C=O) groups is 4. The zero-order valence-electron chi connectivity index (χ0n) is 20.4. The molecule has 0 spiro atoms. The Morgan fingerprint density at radius 3 is 2.49 bits per heavy atom. The Kier molecular flexibility index (Phi) is 7.06. The lowest BCUT2D eigenvalue weighted by molar-refractivity contribution is -0.122. The second kappa shape index (κ2) is 10.4. The average Bonchev–Trinajstić information content (AvgIpc) is 2.88. The lowest BCUT2D eigenvalue weighted by Crippen LogP contribution is -2.54. The molecule has 3 aromatic rings. The van der Waals surface area contributed by atoms with Crippen LogP contribution in [-0.2, 0) is 16.2 Å². The van der Waals surface area contributed by atoms with Crippen molar-refractivity contribution < 1.29 is 33.8 Å². The number of methoxy groups -OCH3 is 1. The molecule has 1 fully saturated rings.